The monoisotopic (exact) mass is 385 g/mol. The number of carbonyl (C=O) groups excluding carboxylic acids is 1. The highest BCUT2D eigenvalue weighted by molar-refractivity contribution is 7.18. The molecular weight excluding hydrogens is 364 g/mol. The van der Waals surface area contributed by atoms with E-state index in [2.05, 4.69) is 4.98 Å². The van der Waals surface area contributed by atoms with Crippen LogP contribution in [0.15, 0.2) is 27.6 Å². The Morgan fingerprint density at radius 3 is 2.96 bits per heavy atom. The number of aromatic nitrogens is 2. The van der Waals surface area contributed by atoms with Gasteiger partial charge in [0.2, 0.25) is 0 Å². The van der Waals surface area contributed by atoms with E-state index in [0.717, 1.165) is 48.4 Å². The summed E-state index contributed by atoms with van der Waals surface area (Å²) < 4.78 is 5.20. The highest BCUT2D eigenvalue weighted by Crippen LogP contribution is 2.34. The number of hydrogen-bond donors (Lipinski definition) is 2. The highest BCUT2D eigenvalue weighted by atomic mass is 32.1. The molecule has 0 saturated carbocycles. The standard InChI is InChI=1S/C19H20N4O3S/c24-17-16-12-3-1-5-14(12)27-18(16)21-15(20-17)11-22-6-8-23(9-7-22)19(25)13-4-2-10-26-13/h2,4,10H,1,3,5-9,11H2,(H,20,21,24)/p+1. The second-order valence-corrected chi connectivity index (χ2v) is 8.33. The minimum absolute atomic E-state index is 0.000401. The van der Waals surface area contributed by atoms with Crippen molar-refractivity contribution in [3.05, 3.63) is 50.8 Å². The van der Waals surface area contributed by atoms with E-state index >= 15 is 0 Å². The molecule has 0 bridgehead atoms. The number of nitrogens with one attached hydrogen (secondary N) is 2. The van der Waals surface area contributed by atoms with E-state index in [1.807, 2.05) is 4.90 Å². The molecule has 0 atom stereocenters. The lowest BCUT2D eigenvalue weighted by atomic mass is 10.2. The van der Waals surface area contributed by atoms with E-state index < -0.39 is 0 Å². The Hall–Kier alpha value is -2.45. The number of aromatic amines is 1. The number of hydrogen-bond acceptors (Lipinski definition) is 5. The van der Waals surface area contributed by atoms with Gasteiger partial charge in [-0.2, -0.15) is 0 Å². The lowest BCUT2D eigenvalue weighted by Crippen LogP contribution is -3.13. The minimum Gasteiger partial charge on any atom is -0.459 e. The van der Waals surface area contributed by atoms with Gasteiger partial charge in [-0.05, 0) is 37.0 Å². The molecule has 1 fully saturated rings. The van der Waals surface area contributed by atoms with Gasteiger partial charge in [0, 0.05) is 4.88 Å². The number of furan rings is 1. The molecule has 1 aliphatic carbocycles. The maximum absolute atomic E-state index is 12.6. The molecule has 3 aromatic heterocycles. The first-order chi connectivity index (χ1) is 13.2. The molecule has 140 valence electrons. The Labute approximate surface area is 159 Å². The van der Waals surface area contributed by atoms with Crippen LogP contribution in [0.1, 0.15) is 33.2 Å². The molecule has 0 unspecified atom stereocenters. The van der Waals surface area contributed by atoms with Crippen LogP contribution in [0.3, 0.4) is 0 Å². The first-order valence-corrected chi connectivity index (χ1v) is 10.2. The molecule has 0 spiro atoms. The Kier molecular flexibility index (Phi) is 4.09. The number of fused-ring (bicyclic) bond motifs is 3. The van der Waals surface area contributed by atoms with Crippen LogP contribution in [-0.4, -0.2) is 47.0 Å². The smallest absolute Gasteiger partial charge is 0.289 e. The van der Waals surface area contributed by atoms with Crippen molar-refractivity contribution in [3.63, 3.8) is 0 Å². The van der Waals surface area contributed by atoms with E-state index in [1.165, 1.54) is 21.6 Å². The van der Waals surface area contributed by atoms with Crippen LogP contribution in [0.4, 0.5) is 0 Å². The summed E-state index contributed by atoms with van der Waals surface area (Å²) in [6.45, 7) is 3.68. The average molecular weight is 385 g/mol. The molecule has 4 heterocycles. The zero-order valence-electron chi connectivity index (χ0n) is 14.9. The average Bonchev–Trinajstić information content (AvgIpc) is 3.38. The van der Waals surface area contributed by atoms with E-state index in [4.69, 9.17) is 9.40 Å². The van der Waals surface area contributed by atoms with Crippen LogP contribution < -0.4 is 10.5 Å². The van der Waals surface area contributed by atoms with Gasteiger partial charge in [-0.25, -0.2) is 4.98 Å². The van der Waals surface area contributed by atoms with Crippen molar-refractivity contribution in [1.29, 1.82) is 0 Å². The van der Waals surface area contributed by atoms with Crippen LogP contribution in [0, 0.1) is 0 Å². The number of piperazine rings is 1. The quantitative estimate of drug-likeness (QED) is 0.692. The van der Waals surface area contributed by atoms with E-state index in [-0.39, 0.29) is 11.5 Å². The van der Waals surface area contributed by atoms with Gasteiger partial charge in [0.1, 0.15) is 11.4 Å². The zero-order valence-corrected chi connectivity index (χ0v) is 15.7. The van der Waals surface area contributed by atoms with Crippen molar-refractivity contribution in [2.24, 2.45) is 0 Å². The predicted molar refractivity (Wildman–Crippen MR) is 101 cm³/mol. The van der Waals surface area contributed by atoms with Crippen LogP contribution in [-0.2, 0) is 19.4 Å². The van der Waals surface area contributed by atoms with Crippen LogP contribution in [0.25, 0.3) is 10.2 Å². The Morgan fingerprint density at radius 1 is 1.33 bits per heavy atom. The number of nitrogens with zero attached hydrogens (tertiary/aromatic N) is 2. The van der Waals surface area contributed by atoms with Crippen LogP contribution in [0.2, 0.25) is 0 Å². The SMILES string of the molecule is O=C(c1ccco1)N1CC[NH+](Cc2nc3sc4c(c3c(=O)[nH]2)CCC4)CC1. The second-order valence-electron chi connectivity index (χ2n) is 7.25. The van der Waals surface area contributed by atoms with Crippen LogP contribution >= 0.6 is 11.3 Å². The molecule has 2 N–H and O–H groups in total. The molecule has 0 aromatic carbocycles. The lowest BCUT2D eigenvalue weighted by molar-refractivity contribution is -0.918. The van der Waals surface area contributed by atoms with Gasteiger partial charge in [-0.15, -0.1) is 11.3 Å². The molecule has 27 heavy (non-hydrogen) atoms. The van der Waals surface area contributed by atoms with E-state index in [0.29, 0.717) is 25.4 Å². The van der Waals surface area contributed by atoms with Crippen LogP contribution in [0.5, 0.6) is 0 Å². The minimum atomic E-state index is -0.0555. The summed E-state index contributed by atoms with van der Waals surface area (Å²) in [6.07, 6.45) is 4.73. The molecule has 1 aliphatic heterocycles. The zero-order chi connectivity index (χ0) is 18.4. The fraction of sp³-hybridized carbons (Fsp3) is 0.421. The number of carbonyl (C=O) groups is 1. The van der Waals surface area contributed by atoms with Crippen molar-refractivity contribution < 1.29 is 14.1 Å². The maximum Gasteiger partial charge on any atom is 0.289 e. The third-order valence-corrected chi connectivity index (χ3v) is 6.72. The maximum atomic E-state index is 12.6. The Bertz CT molecular complexity index is 1050. The second kappa shape index (κ2) is 6.61. The van der Waals surface area contributed by atoms with E-state index in [1.54, 1.807) is 23.5 Å². The van der Waals surface area contributed by atoms with Gasteiger partial charge in [-0.1, -0.05) is 0 Å². The molecule has 1 saturated heterocycles. The van der Waals surface area contributed by atoms with Gasteiger partial charge in [0.05, 0.1) is 37.8 Å². The summed E-state index contributed by atoms with van der Waals surface area (Å²) >= 11 is 1.68. The van der Waals surface area contributed by atoms with E-state index in [9.17, 15) is 9.59 Å². The lowest BCUT2D eigenvalue weighted by Gasteiger charge is -2.31. The summed E-state index contributed by atoms with van der Waals surface area (Å²) in [4.78, 5) is 38.0. The third-order valence-electron chi connectivity index (χ3n) is 5.53. The Morgan fingerprint density at radius 2 is 2.19 bits per heavy atom. The van der Waals surface area contributed by atoms with Gasteiger partial charge in [0.25, 0.3) is 11.5 Å². The van der Waals surface area contributed by atoms with Gasteiger partial charge in [0.15, 0.2) is 11.6 Å². The largest absolute Gasteiger partial charge is 0.459 e. The fourth-order valence-corrected chi connectivity index (χ4v) is 5.41. The molecule has 8 heteroatoms. The Balaban J connectivity index is 1.28. The number of H-pyrrole nitrogens is 1. The molecule has 5 rings (SSSR count). The van der Waals surface area contributed by atoms with Gasteiger partial charge >= 0.3 is 0 Å². The molecular formula is C19H21N4O3S+. The molecule has 1 amide bonds. The first kappa shape index (κ1) is 16.7. The number of amides is 1. The molecule has 7 nitrogen and oxygen atoms in total. The number of rotatable bonds is 3. The third kappa shape index (κ3) is 2.98. The van der Waals surface area contributed by atoms with Crippen molar-refractivity contribution in [3.8, 4) is 0 Å². The van der Waals surface area contributed by atoms with Crippen molar-refractivity contribution in [2.45, 2.75) is 25.8 Å². The normalized spacial score (nSPS) is 17.6. The number of thiophene rings is 1. The molecule has 2 aliphatic rings. The number of quaternary nitrogens is 1. The number of aryl methyl sites for hydroxylation is 2. The van der Waals surface area contributed by atoms with Gasteiger partial charge < -0.3 is 19.2 Å². The predicted octanol–water partition coefficient (Wildman–Crippen LogP) is 0.607. The van der Waals surface area contributed by atoms with Gasteiger partial charge in [-0.3, -0.25) is 9.59 Å². The highest BCUT2D eigenvalue weighted by Gasteiger charge is 2.27. The topological polar surface area (TPSA) is 83.6 Å². The summed E-state index contributed by atoms with van der Waals surface area (Å²) in [6, 6.07) is 3.43. The molecule has 0 radical (unpaired) electrons. The summed E-state index contributed by atoms with van der Waals surface area (Å²) in [7, 11) is 0. The summed E-state index contributed by atoms with van der Waals surface area (Å²) in [5, 5.41) is 0.806. The van der Waals surface area contributed by atoms with Crippen molar-refractivity contribution in [2.75, 3.05) is 26.2 Å². The van der Waals surface area contributed by atoms with Crippen molar-refractivity contribution in [1.82, 2.24) is 14.9 Å². The summed E-state index contributed by atoms with van der Waals surface area (Å²) in [5.74, 6) is 1.08. The first-order valence-electron chi connectivity index (χ1n) is 9.39. The van der Waals surface area contributed by atoms with Crippen molar-refractivity contribution >= 4 is 27.5 Å². The molecule has 3 aromatic rings. The fourth-order valence-electron chi connectivity index (χ4n) is 4.13. The summed E-state index contributed by atoms with van der Waals surface area (Å²) in [5.41, 5.74) is 1.22.